The molecule has 4 fully saturated rings. The zero-order valence-corrected chi connectivity index (χ0v) is 58.9. The Morgan fingerprint density at radius 1 is 0.446 bits per heavy atom. The number of ether oxygens (including phenoxy) is 5. The summed E-state index contributed by atoms with van der Waals surface area (Å²) in [6, 6.07) is 49.1. The van der Waals surface area contributed by atoms with Crippen LogP contribution in [0, 0.1) is 29.6 Å². The number of hydrogen-bond acceptors (Lipinski definition) is 20. The van der Waals surface area contributed by atoms with Crippen LogP contribution in [-0.2, 0) is 85.5 Å². The minimum absolute atomic E-state index is 0.0202. The third-order valence-corrected chi connectivity index (χ3v) is 19.3. The third kappa shape index (κ3) is 28.0. The summed E-state index contributed by atoms with van der Waals surface area (Å²) >= 11 is 0. The molecule has 7 aromatic rings. The van der Waals surface area contributed by atoms with Crippen molar-refractivity contribution in [2.45, 2.75) is 212 Å². The monoisotopic (exact) mass is 1390 g/mol. The second kappa shape index (κ2) is 42.6. The van der Waals surface area contributed by atoms with Crippen LogP contribution in [0.4, 0.5) is 0 Å². The number of aromatic nitrogens is 4. The fraction of sp³-hybridized carbons (Fsp3) is 0.500. The molecule has 0 radical (unpaired) electrons. The van der Waals surface area contributed by atoms with Crippen molar-refractivity contribution in [3.63, 3.8) is 0 Å². The van der Waals surface area contributed by atoms with Gasteiger partial charge in [-0.2, -0.15) is 0 Å². The van der Waals surface area contributed by atoms with E-state index in [9.17, 15) is 33.9 Å². The average Bonchev–Trinajstić information content (AvgIpc) is 1.75. The normalized spacial score (nSPS) is 21.1. The molecule has 4 aliphatic carbocycles. The molecule has 6 N–H and O–H groups in total. The summed E-state index contributed by atoms with van der Waals surface area (Å²) in [4.78, 5) is 72.5. The topological polar surface area (TPSA) is 311 Å². The Balaban J connectivity index is 0.000000178. The van der Waals surface area contributed by atoms with Crippen molar-refractivity contribution in [3.8, 4) is 0 Å². The number of nitrogens with zero attached hydrogens (tertiary/aromatic N) is 4. The maximum atomic E-state index is 12.5. The van der Waals surface area contributed by atoms with Crippen LogP contribution < -0.4 is 16.8 Å². The molecule has 21 heteroatoms. The summed E-state index contributed by atoms with van der Waals surface area (Å²) in [5.74, 6) is 3.16. The number of amides is 1. The zero-order chi connectivity index (χ0) is 71.6. The summed E-state index contributed by atoms with van der Waals surface area (Å²) in [6.45, 7) is 7.20. The number of nitrogens with two attached hydrogens (primary N) is 2. The molecule has 101 heavy (non-hydrogen) atoms. The predicted molar refractivity (Wildman–Crippen MR) is 379 cm³/mol. The van der Waals surface area contributed by atoms with E-state index < -0.39 is 12.2 Å². The molecule has 2 aromatic heterocycles. The van der Waals surface area contributed by atoms with Gasteiger partial charge >= 0.3 is 17.9 Å². The predicted octanol–water partition coefficient (Wildman–Crippen LogP) is 13.5. The number of nitrogens with one attached hydrogen (secondary N) is 1. The maximum Gasteiger partial charge on any atom is 0.306 e. The number of ketones is 2. The van der Waals surface area contributed by atoms with Crippen LogP contribution in [0.1, 0.15) is 218 Å². The lowest BCUT2D eigenvalue weighted by Gasteiger charge is -2.27. The molecule has 0 unspecified atom stereocenters. The highest BCUT2D eigenvalue weighted by Gasteiger charge is 2.32. The first kappa shape index (κ1) is 78.1. The van der Waals surface area contributed by atoms with Gasteiger partial charge < -0.3 is 54.4 Å². The zero-order valence-electron chi connectivity index (χ0n) is 58.9. The van der Waals surface area contributed by atoms with Crippen LogP contribution in [-0.4, -0.2) is 86.1 Å². The first-order valence-electron chi connectivity index (χ1n) is 36.1. The largest absolute Gasteiger partial charge is 0.461 e. The minimum Gasteiger partial charge on any atom is -0.461 e. The number of esters is 3. The SMILES string of the molecule is C[C@@H](O)c1nnc(C2CCC(N)CC2)o1.C[C@@H](OCc1ccccc1)C(=O)NCC(=O)C1CCC(CC(=O)OCc2ccccc2)CC1.C[C@@H](OCc1ccccc1)c1nnc(C2CCC(CC(=O)OCc3ccccc3)CC2)o1.NCC(=O)C1CCC(CC(=O)OCc2ccccc2)CC1. The van der Waals surface area contributed by atoms with Crippen LogP contribution in [0.25, 0.3) is 0 Å². The van der Waals surface area contributed by atoms with Gasteiger partial charge in [0.25, 0.3) is 0 Å². The third-order valence-electron chi connectivity index (χ3n) is 19.3. The number of rotatable bonds is 28. The molecule has 0 bridgehead atoms. The van der Waals surface area contributed by atoms with E-state index in [1.807, 2.05) is 159 Å². The van der Waals surface area contributed by atoms with Crippen LogP contribution in [0.5, 0.6) is 0 Å². The van der Waals surface area contributed by atoms with Gasteiger partial charge in [0.05, 0.1) is 26.3 Å². The van der Waals surface area contributed by atoms with E-state index in [2.05, 4.69) is 25.7 Å². The lowest BCUT2D eigenvalue weighted by Crippen LogP contribution is -2.39. The molecule has 4 aliphatic rings. The second-order valence-corrected chi connectivity index (χ2v) is 27.2. The Labute approximate surface area is 594 Å². The first-order chi connectivity index (χ1) is 49.0. The summed E-state index contributed by atoms with van der Waals surface area (Å²) < 4.78 is 38.9. The molecule has 2 heterocycles. The standard InChI is InChI=1S/C27H33NO5.C26H30N2O4.C17H23NO3.C10H17N3O2/c1-20(32-18-22-8-4-2-5-9-22)27(31)28-17-25(29)24-14-12-21(13-15-24)16-26(30)33-19-23-10-6-3-7-11-23;1-19(30-17-21-8-4-2-5-9-21)25-27-28-26(32-25)23-14-12-20(13-15-23)16-24(29)31-18-22-10-6-3-7-11-22;18-11-16(19)15-8-6-13(7-9-15)10-17(20)21-12-14-4-2-1-3-5-14;1-6(14)9-12-13-10(15-9)7-2-4-8(11)5-3-7/h2-11,20-21,24H,12-19H2,1H3,(H,28,31);2-11,19-20,23H,12-18H2,1H3;1-5,13,15H,6-12,18H2;6-8,14H,2-5,11H2,1H3/t20-,21?,24?;19-,20?,23?;;6-,7?,8?/m11.1/s1. The van der Waals surface area contributed by atoms with Gasteiger partial charge in [0.15, 0.2) is 5.78 Å². The summed E-state index contributed by atoms with van der Waals surface area (Å²) in [7, 11) is 0. The molecule has 5 aromatic carbocycles. The highest BCUT2D eigenvalue weighted by atomic mass is 16.5. The molecular formula is C80H103N7O14. The smallest absolute Gasteiger partial charge is 0.306 e. The number of aliphatic hydroxyl groups excluding tert-OH is 1. The highest BCUT2D eigenvalue weighted by molar-refractivity contribution is 5.89. The van der Waals surface area contributed by atoms with Crippen molar-refractivity contribution in [1.29, 1.82) is 0 Å². The number of aliphatic hydroxyl groups is 1. The summed E-state index contributed by atoms with van der Waals surface area (Å²) in [5, 5.41) is 28.2. The van der Waals surface area contributed by atoms with Gasteiger partial charge in [0, 0.05) is 49.0 Å². The number of carbonyl (C=O) groups excluding carboxylic acids is 6. The van der Waals surface area contributed by atoms with E-state index in [1.54, 1.807) is 13.8 Å². The van der Waals surface area contributed by atoms with Crippen molar-refractivity contribution in [2.75, 3.05) is 13.1 Å². The molecule has 21 nitrogen and oxygen atoms in total. The minimum atomic E-state index is -0.683. The number of hydrogen-bond donors (Lipinski definition) is 4. The Kier molecular flexibility index (Phi) is 33.0. The lowest BCUT2D eigenvalue weighted by atomic mass is 9.79. The Bertz CT molecular complexity index is 3530. The Morgan fingerprint density at radius 3 is 1.16 bits per heavy atom. The Morgan fingerprint density at radius 2 is 0.782 bits per heavy atom. The van der Waals surface area contributed by atoms with E-state index in [-0.39, 0.29) is 78.2 Å². The Hall–Kier alpha value is -8.60. The molecule has 0 aliphatic heterocycles. The fourth-order valence-electron chi connectivity index (χ4n) is 13.0. The van der Waals surface area contributed by atoms with Gasteiger partial charge in [0.1, 0.15) is 43.9 Å². The van der Waals surface area contributed by atoms with Crippen molar-refractivity contribution in [2.24, 2.45) is 41.1 Å². The molecule has 3 atom stereocenters. The molecule has 1 amide bonds. The van der Waals surface area contributed by atoms with Crippen LogP contribution in [0.2, 0.25) is 0 Å². The van der Waals surface area contributed by atoms with Crippen LogP contribution in [0.3, 0.4) is 0 Å². The highest BCUT2D eigenvalue weighted by Crippen LogP contribution is 2.38. The van der Waals surface area contributed by atoms with Gasteiger partial charge in [-0.15, -0.1) is 20.4 Å². The van der Waals surface area contributed by atoms with Gasteiger partial charge in [-0.1, -0.05) is 152 Å². The van der Waals surface area contributed by atoms with Gasteiger partial charge in [0.2, 0.25) is 29.5 Å². The van der Waals surface area contributed by atoms with Crippen molar-refractivity contribution in [3.05, 3.63) is 203 Å². The summed E-state index contributed by atoms with van der Waals surface area (Å²) in [6.07, 6.45) is 14.2. The lowest BCUT2D eigenvalue weighted by molar-refractivity contribution is -0.147. The van der Waals surface area contributed by atoms with Gasteiger partial charge in [-0.05, 0) is 169 Å². The van der Waals surface area contributed by atoms with E-state index >= 15 is 0 Å². The van der Waals surface area contributed by atoms with Crippen LogP contribution >= 0.6 is 0 Å². The van der Waals surface area contributed by atoms with Crippen molar-refractivity contribution >= 4 is 35.4 Å². The average molecular weight is 1390 g/mol. The number of benzene rings is 5. The van der Waals surface area contributed by atoms with E-state index in [0.717, 1.165) is 131 Å². The second-order valence-electron chi connectivity index (χ2n) is 27.2. The first-order valence-corrected chi connectivity index (χ1v) is 36.1. The quantitative estimate of drug-likeness (QED) is 0.0261. The van der Waals surface area contributed by atoms with Gasteiger partial charge in [-0.3, -0.25) is 28.8 Å². The number of carbonyl (C=O) groups is 6. The molecule has 11 rings (SSSR count). The van der Waals surface area contributed by atoms with Gasteiger partial charge in [-0.25, -0.2) is 0 Å². The van der Waals surface area contributed by atoms with Crippen molar-refractivity contribution in [1.82, 2.24) is 25.7 Å². The molecule has 4 saturated carbocycles. The molecule has 542 valence electrons. The molecular weight excluding hydrogens is 1280 g/mol. The van der Waals surface area contributed by atoms with E-state index in [0.29, 0.717) is 99.7 Å². The number of Topliss-reactive ketones (excluding diaryl/α,β-unsaturated/α-hetero) is 2. The molecule has 0 saturated heterocycles. The van der Waals surface area contributed by atoms with Crippen molar-refractivity contribution < 1.29 is 66.4 Å². The molecule has 0 spiro atoms. The maximum absolute atomic E-state index is 12.5. The van der Waals surface area contributed by atoms with E-state index in [1.165, 1.54) is 0 Å². The summed E-state index contributed by atoms with van der Waals surface area (Å²) in [5.41, 5.74) is 16.3. The van der Waals surface area contributed by atoms with E-state index in [4.69, 9.17) is 44.0 Å². The fourth-order valence-corrected chi connectivity index (χ4v) is 13.0. The van der Waals surface area contributed by atoms with Crippen LogP contribution in [0.15, 0.2) is 160 Å².